The number of nitrogens with zero attached hydrogens (tertiary/aromatic N) is 1. The maximum absolute atomic E-state index is 8.37. The fourth-order valence-electron chi connectivity index (χ4n) is 0.796. The lowest BCUT2D eigenvalue weighted by atomic mass is 10.1. The maximum Gasteiger partial charge on any atom is 0.106 e. The molecule has 43 valence electrons. The third kappa shape index (κ3) is 0.823. The lowest BCUT2D eigenvalue weighted by Crippen LogP contribution is -2.05. The molecule has 0 aromatic carbocycles. The molecule has 8 heavy (non-hydrogen) atoms. The minimum absolute atomic E-state index is 0.0833. The molecule has 1 unspecified atom stereocenters. The lowest BCUT2D eigenvalue weighted by molar-refractivity contribution is 0.133. The zero-order valence-corrected chi connectivity index (χ0v) is 4.85. The number of ether oxygens (including phenoxy) is 1. The van der Waals surface area contributed by atoms with Crippen LogP contribution in [0.3, 0.4) is 0 Å². The molecular formula is C6H8NO. The first kappa shape index (κ1) is 5.58. The Morgan fingerprint density at radius 1 is 1.88 bits per heavy atom. The summed E-state index contributed by atoms with van der Waals surface area (Å²) >= 11 is 0. The molecular weight excluding hydrogens is 102 g/mol. The van der Waals surface area contributed by atoms with Crippen molar-refractivity contribution in [3.05, 3.63) is 5.92 Å². The van der Waals surface area contributed by atoms with Crippen LogP contribution < -0.4 is 0 Å². The number of rotatable bonds is 0. The van der Waals surface area contributed by atoms with E-state index in [1.54, 1.807) is 0 Å². The molecule has 0 aromatic heterocycles. The highest BCUT2D eigenvalue weighted by atomic mass is 16.5. The van der Waals surface area contributed by atoms with Crippen LogP contribution in [0.25, 0.3) is 0 Å². The van der Waals surface area contributed by atoms with Crippen molar-refractivity contribution in [2.24, 2.45) is 0 Å². The molecule has 0 aliphatic carbocycles. The molecule has 1 fully saturated rings. The van der Waals surface area contributed by atoms with Crippen molar-refractivity contribution in [3.8, 4) is 6.07 Å². The van der Waals surface area contributed by atoms with Crippen LogP contribution in [-0.2, 0) is 4.74 Å². The zero-order chi connectivity index (χ0) is 5.98. The third-order valence-electron chi connectivity index (χ3n) is 1.37. The van der Waals surface area contributed by atoms with E-state index in [1.165, 1.54) is 0 Å². The summed E-state index contributed by atoms with van der Waals surface area (Å²) in [6.45, 7) is 2.63. The molecule has 0 spiro atoms. The van der Waals surface area contributed by atoms with E-state index < -0.39 is 0 Å². The molecule has 1 saturated heterocycles. The van der Waals surface area contributed by atoms with Gasteiger partial charge in [-0.3, -0.25) is 0 Å². The Morgan fingerprint density at radius 2 is 2.62 bits per heavy atom. The van der Waals surface area contributed by atoms with Gasteiger partial charge in [0.05, 0.1) is 12.2 Å². The van der Waals surface area contributed by atoms with Gasteiger partial charge in [-0.25, -0.2) is 0 Å². The van der Waals surface area contributed by atoms with Crippen molar-refractivity contribution in [3.63, 3.8) is 0 Å². The summed E-state index contributed by atoms with van der Waals surface area (Å²) in [6.07, 6.45) is 0.914. The van der Waals surface area contributed by atoms with Gasteiger partial charge in [-0.1, -0.05) is 0 Å². The third-order valence-corrected chi connectivity index (χ3v) is 1.37. The van der Waals surface area contributed by atoms with Gasteiger partial charge in [0.15, 0.2) is 0 Å². The molecule has 0 amide bonds. The molecule has 1 aliphatic heterocycles. The zero-order valence-electron chi connectivity index (χ0n) is 4.85. The number of hydrogen-bond acceptors (Lipinski definition) is 2. The molecule has 2 nitrogen and oxygen atoms in total. The van der Waals surface area contributed by atoms with E-state index in [2.05, 4.69) is 6.07 Å². The van der Waals surface area contributed by atoms with E-state index in [9.17, 15) is 0 Å². The minimum atomic E-state index is 0.0833. The molecule has 1 rings (SSSR count). The van der Waals surface area contributed by atoms with E-state index in [0.717, 1.165) is 18.9 Å². The summed E-state index contributed by atoms with van der Waals surface area (Å²) in [5.41, 5.74) is 0. The van der Waals surface area contributed by atoms with E-state index in [4.69, 9.17) is 10.00 Å². The molecule has 0 bridgehead atoms. The van der Waals surface area contributed by atoms with Crippen molar-refractivity contribution in [2.75, 3.05) is 6.61 Å². The molecule has 0 aromatic rings. The SMILES string of the molecule is CC1OCC[C]1C#N. The predicted molar refractivity (Wildman–Crippen MR) is 28.9 cm³/mol. The highest BCUT2D eigenvalue weighted by Crippen LogP contribution is 2.20. The molecule has 1 atom stereocenters. The standard InChI is InChI=1S/C6H8NO/c1-5-6(4-7)2-3-8-5/h5H,2-3H2,1H3. The summed E-state index contributed by atoms with van der Waals surface area (Å²) < 4.78 is 5.10. The second kappa shape index (κ2) is 2.15. The molecule has 1 radical (unpaired) electrons. The Labute approximate surface area is 49.1 Å². The fraction of sp³-hybridized carbons (Fsp3) is 0.667. The van der Waals surface area contributed by atoms with Gasteiger partial charge in [-0.15, -0.1) is 0 Å². The quantitative estimate of drug-likeness (QED) is 0.464. The molecule has 0 saturated carbocycles. The maximum atomic E-state index is 8.37. The Kier molecular flexibility index (Phi) is 1.50. The van der Waals surface area contributed by atoms with Crippen molar-refractivity contribution in [1.82, 2.24) is 0 Å². The van der Waals surface area contributed by atoms with Crippen molar-refractivity contribution in [1.29, 1.82) is 5.26 Å². The van der Waals surface area contributed by atoms with Crippen molar-refractivity contribution in [2.45, 2.75) is 19.4 Å². The largest absolute Gasteiger partial charge is 0.377 e. The normalized spacial score (nSPS) is 30.2. The van der Waals surface area contributed by atoms with Crippen molar-refractivity contribution >= 4 is 0 Å². The first-order valence-corrected chi connectivity index (χ1v) is 2.72. The first-order valence-electron chi connectivity index (χ1n) is 2.72. The summed E-state index contributed by atoms with van der Waals surface area (Å²) in [5.74, 6) is 0.880. The Hall–Kier alpha value is -0.550. The first-order chi connectivity index (χ1) is 3.84. The summed E-state index contributed by atoms with van der Waals surface area (Å²) in [4.78, 5) is 0. The highest BCUT2D eigenvalue weighted by Gasteiger charge is 2.24. The van der Waals surface area contributed by atoms with Crippen LogP contribution in [0.2, 0.25) is 0 Å². The Balaban J connectivity index is 2.45. The van der Waals surface area contributed by atoms with Gasteiger partial charge in [0, 0.05) is 6.61 Å². The van der Waals surface area contributed by atoms with E-state index >= 15 is 0 Å². The number of nitriles is 1. The van der Waals surface area contributed by atoms with Gasteiger partial charge >= 0.3 is 0 Å². The van der Waals surface area contributed by atoms with Crippen LogP contribution in [0.15, 0.2) is 0 Å². The molecule has 1 aliphatic rings. The Morgan fingerprint density at radius 3 is 2.88 bits per heavy atom. The van der Waals surface area contributed by atoms with Gasteiger partial charge in [-0.05, 0) is 13.3 Å². The van der Waals surface area contributed by atoms with E-state index in [0.29, 0.717) is 0 Å². The molecule has 2 heteroatoms. The number of hydrogen-bond donors (Lipinski definition) is 0. The molecule has 0 N–H and O–H groups in total. The fourth-order valence-corrected chi connectivity index (χ4v) is 0.796. The van der Waals surface area contributed by atoms with Gasteiger partial charge in [0.25, 0.3) is 0 Å². The van der Waals surface area contributed by atoms with Crippen LogP contribution >= 0.6 is 0 Å². The van der Waals surface area contributed by atoms with E-state index in [-0.39, 0.29) is 6.10 Å². The second-order valence-corrected chi connectivity index (χ2v) is 1.90. The smallest absolute Gasteiger partial charge is 0.106 e. The average Bonchev–Trinajstić information content (AvgIpc) is 2.14. The van der Waals surface area contributed by atoms with Crippen LogP contribution in [0.4, 0.5) is 0 Å². The monoisotopic (exact) mass is 110 g/mol. The van der Waals surface area contributed by atoms with Crippen LogP contribution in [0.5, 0.6) is 0 Å². The van der Waals surface area contributed by atoms with Crippen molar-refractivity contribution < 1.29 is 4.74 Å². The lowest BCUT2D eigenvalue weighted by Gasteiger charge is -2.00. The highest BCUT2D eigenvalue weighted by molar-refractivity contribution is 5.17. The van der Waals surface area contributed by atoms with Gasteiger partial charge in [0.2, 0.25) is 0 Å². The average molecular weight is 110 g/mol. The topological polar surface area (TPSA) is 33.0 Å². The predicted octanol–water partition coefficient (Wildman–Crippen LogP) is 0.893. The summed E-state index contributed by atoms with van der Waals surface area (Å²) in [6, 6.07) is 2.11. The summed E-state index contributed by atoms with van der Waals surface area (Å²) in [7, 11) is 0. The van der Waals surface area contributed by atoms with Gasteiger partial charge in [-0.2, -0.15) is 5.26 Å². The van der Waals surface area contributed by atoms with E-state index in [1.807, 2.05) is 6.92 Å². The van der Waals surface area contributed by atoms with Crippen LogP contribution in [-0.4, -0.2) is 12.7 Å². The summed E-state index contributed by atoms with van der Waals surface area (Å²) in [5, 5.41) is 8.37. The van der Waals surface area contributed by atoms with Gasteiger partial charge < -0.3 is 4.74 Å². The Bertz CT molecular complexity index is 116. The van der Waals surface area contributed by atoms with Crippen LogP contribution in [0, 0.1) is 17.2 Å². The van der Waals surface area contributed by atoms with Gasteiger partial charge in [0.1, 0.15) is 5.92 Å². The van der Waals surface area contributed by atoms with Crippen LogP contribution in [0.1, 0.15) is 13.3 Å². The second-order valence-electron chi connectivity index (χ2n) is 1.90. The minimum Gasteiger partial charge on any atom is -0.377 e. The molecule has 1 heterocycles.